The molecule has 1 N–H and O–H groups in total. The number of amides is 1. The van der Waals surface area contributed by atoms with Crippen molar-refractivity contribution >= 4 is 5.91 Å². The van der Waals surface area contributed by atoms with Crippen LogP contribution >= 0.6 is 0 Å². The summed E-state index contributed by atoms with van der Waals surface area (Å²) < 4.78 is 0. The van der Waals surface area contributed by atoms with Crippen LogP contribution in [0.4, 0.5) is 0 Å². The fourth-order valence-corrected chi connectivity index (χ4v) is 8.00. The van der Waals surface area contributed by atoms with E-state index in [2.05, 4.69) is 50.4 Å². The quantitative estimate of drug-likeness (QED) is 0.0486. The average Bonchev–Trinajstić information content (AvgIpc) is 3.18. The van der Waals surface area contributed by atoms with E-state index in [4.69, 9.17) is 0 Å². The first-order chi connectivity index (χ1) is 26.8. The second-order valence-electron chi connectivity index (χ2n) is 17.3. The lowest BCUT2D eigenvalue weighted by molar-refractivity contribution is -0.125. The normalized spacial score (nSPS) is 12.4. The van der Waals surface area contributed by atoms with Gasteiger partial charge in [-0.3, -0.25) is 4.79 Å². The highest BCUT2D eigenvalue weighted by atomic mass is 16.1. The summed E-state index contributed by atoms with van der Waals surface area (Å²) in [7, 11) is 0. The number of carbonyl (C=O) groups excluding carboxylic acids is 1. The molecule has 54 heavy (non-hydrogen) atoms. The second-order valence-corrected chi connectivity index (χ2v) is 17.3. The molecule has 1 amide bonds. The number of nitrogens with one attached hydrogen (secondary N) is 1. The molecule has 1 unspecified atom stereocenters. The maximum atomic E-state index is 13.3. The predicted octanol–water partition coefficient (Wildman–Crippen LogP) is 18.3. The Morgan fingerprint density at radius 3 is 0.870 bits per heavy atom. The molecule has 0 aromatic heterocycles. The summed E-state index contributed by atoms with van der Waals surface area (Å²) in [5.74, 6) is 0.595. The molecule has 0 spiro atoms. The molecule has 0 bridgehead atoms. The Bertz CT molecular complexity index is 755. The number of unbranched alkanes of at least 4 members (excludes halogenated alkanes) is 35. The van der Waals surface area contributed by atoms with Gasteiger partial charge in [-0.05, 0) is 70.6 Å². The van der Waals surface area contributed by atoms with Gasteiger partial charge in [-0.15, -0.1) is 0 Å². The second kappa shape index (κ2) is 48.1. The highest BCUT2D eigenvalue weighted by Crippen LogP contribution is 2.21. The van der Waals surface area contributed by atoms with Crippen molar-refractivity contribution in [3.8, 4) is 0 Å². The van der Waals surface area contributed by atoms with Crippen molar-refractivity contribution in [1.82, 2.24) is 5.32 Å². The molecule has 1 atom stereocenters. The monoisotopic (exact) mass is 756 g/mol. The number of hydrogen-bond donors (Lipinski definition) is 1. The Labute approximate surface area is 342 Å². The maximum Gasteiger partial charge on any atom is 0.223 e. The summed E-state index contributed by atoms with van der Waals surface area (Å²) in [4.78, 5) is 13.3. The third kappa shape index (κ3) is 43.7. The van der Waals surface area contributed by atoms with Gasteiger partial charge in [0.2, 0.25) is 5.91 Å². The van der Waals surface area contributed by atoms with Gasteiger partial charge < -0.3 is 5.32 Å². The largest absolute Gasteiger partial charge is 0.356 e. The smallest absolute Gasteiger partial charge is 0.223 e. The van der Waals surface area contributed by atoms with Crippen molar-refractivity contribution in [1.29, 1.82) is 0 Å². The zero-order valence-corrected chi connectivity index (χ0v) is 37.7. The van der Waals surface area contributed by atoms with Crippen LogP contribution in [0, 0.1) is 5.92 Å². The molecular formula is C52H101NO. The van der Waals surface area contributed by atoms with Gasteiger partial charge in [0.05, 0.1) is 0 Å². The molecule has 0 aromatic rings. The summed E-state index contributed by atoms with van der Waals surface area (Å²) >= 11 is 0. The minimum Gasteiger partial charge on any atom is -0.356 e. The van der Waals surface area contributed by atoms with E-state index >= 15 is 0 Å². The Kier molecular flexibility index (Phi) is 47.2. The Balaban J connectivity index is 4.11. The molecule has 2 heteroatoms. The van der Waals surface area contributed by atoms with Crippen molar-refractivity contribution in [2.24, 2.45) is 5.92 Å². The summed E-state index contributed by atoms with van der Waals surface area (Å²) in [6, 6.07) is 0. The van der Waals surface area contributed by atoms with Crippen molar-refractivity contribution in [3.63, 3.8) is 0 Å². The standard InChI is InChI=1S/C52H101NO/c1-4-7-10-13-16-19-22-25-27-29-31-34-37-40-43-46-49-51(48-45-42-39-36-33-24-21-18-15-12-9-6-3)52(54)53-50-47-44-41-38-35-32-30-28-26-23-20-17-14-11-8-5-2/h25-28,51H,4-24,29-50H2,1-3H3,(H,53,54)/b27-25-,28-26-. The van der Waals surface area contributed by atoms with Crippen LogP contribution in [-0.4, -0.2) is 12.5 Å². The third-order valence-corrected chi connectivity index (χ3v) is 11.8. The summed E-state index contributed by atoms with van der Waals surface area (Å²) in [5.41, 5.74) is 0. The minimum atomic E-state index is 0.235. The lowest BCUT2D eigenvalue weighted by Gasteiger charge is -2.17. The number of carbonyl (C=O) groups is 1. The fourth-order valence-electron chi connectivity index (χ4n) is 8.00. The van der Waals surface area contributed by atoms with Crippen LogP contribution in [-0.2, 0) is 4.79 Å². The molecule has 0 saturated carbocycles. The summed E-state index contributed by atoms with van der Waals surface area (Å²) in [6.07, 6.45) is 66.0. The van der Waals surface area contributed by atoms with Gasteiger partial charge >= 0.3 is 0 Å². The van der Waals surface area contributed by atoms with Gasteiger partial charge in [-0.25, -0.2) is 0 Å². The molecule has 0 heterocycles. The van der Waals surface area contributed by atoms with Crippen molar-refractivity contribution in [2.75, 3.05) is 6.54 Å². The lowest BCUT2D eigenvalue weighted by atomic mass is 9.93. The lowest BCUT2D eigenvalue weighted by Crippen LogP contribution is -2.31. The number of hydrogen-bond acceptors (Lipinski definition) is 1. The van der Waals surface area contributed by atoms with Crippen LogP contribution < -0.4 is 5.32 Å². The zero-order valence-electron chi connectivity index (χ0n) is 37.7. The first-order valence-electron chi connectivity index (χ1n) is 25.3. The molecular weight excluding hydrogens is 655 g/mol. The van der Waals surface area contributed by atoms with Gasteiger partial charge in [-0.2, -0.15) is 0 Å². The molecule has 0 aliphatic rings. The van der Waals surface area contributed by atoms with E-state index in [9.17, 15) is 4.79 Å². The molecule has 0 aliphatic carbocycles. The zero-order chi connectivity index (χ0) is 39.1. The Morgan fingerprint density at radius 2 is 0.574 bits per heavy atom. The van der Waals surface area contributed by atoms with E-state index in [-0.39, 0.29) is 5.92 Å². The molecule has 2 nitrogen and oxygen atoms in total. The van der Waals surface area contributed by atoms with E-state index in [1.54, 1.807) is 0 Å². The molecule has 0 fully saturated rings. The van der Waals surface area contributed by atoms with Gasteiger partial charge in [-0.1, -0.05) is 244 Å². The topological polar surface area (TPSA) is 29.1 Å². The highest BCUT2D eigenvalue weighted by Gasteiger charge is 2.17. The van der Waals surface area contributed by atoms with Crippen molar-refractivity contribution in [2.45, 2.75) is 290 Å². The van der Waals surface area contributed by atoms with E-state index < -0.39 is 0 Å². The predicted molar refractivity (Wildman–Crippen MR) is 246 cm³/mol. The molecule has 0 saturated heterocycles. The first kappa shape index (κ1) is 53.0. The van der Waals surface area contributed by atoms with Crippen LogP contribution in [0.15, 0.2) is 24.3 Å². The number of rotatable bonds is 46. The molecule has 320 valence electrons. The fraction of sp³-hybridized carbons (Fsp3) is 0.904. The molecule has 0 radical (unpaired) electrons. The van der Waals surface area contributed by atoms with E-state index in [1.807, 2.05) is 0 Å². The van der Waals surface area contributed by atoms with Crippen LogP contribution in [0.3, 0.4) is 0 Å². The van der Waals surface area contributed by atoms with Gasteiger partial charge in [0.25, 0.3) is 0 Å². The summed E-state index contributed by atoms with van der Waals surface area (Å²) in [5, 5.41) is 3.38. The average molecular weight is 756 g/mol. The van der Waals surface area contributed by atoms with Crippen molar-refractivity contribution < 1.29 is 4.79 Å². The van der Waals surface area contributed by atoms with E-state index in [0.717, 1.165) is 25.8 Å². The van der Waals surface area contributed by atoms with Crippen LogP contribution in [0.5, 0.6) is 0 Å². The van der Waals surface area contributed by atoms with Gasteiger partial charge in [0.15, 0.2) is 0 Å². The highest BCUT2D eigenvalue weighted by molar-refractivity contribution is 5.78. The third-order valence-electron chi connectivity index (χ3n) is 11.8. The molecule has 0 rings (SSSR count). The van der Waals surface area contributed by atoms with E-state index in [0.29, 0.717) is 5.91 Å². The Hall–Kier alpha value is -1.05. The number of allylic oxidation sites excluding steroid dienone is 4. The van der Waals surface area contributed by atoms with E-state index in [1.165, 1.54) is 250 Å². The van der Waals surface area contributed by atoms with Crippen LogP contribution in [0.2, 0.25) is 0 Å². The maximum absolute atomic E-state index is 13.3. The van der Waals surface area contributed by atoms with Crippen molar-refractivity contribution in [3.05, 3.63) is 24.3 Å². The van der Waals surface area contributed by atoms with Crippen LogP contribution in [0.1, 0.15) is 290 Å². The van der Waals surface area contributed by atoms with Gasteiger partial charge in [0.1, 0.15) is 0 Å². The Morgan fingerprint density at radius 1 is 0.333 bits per heavy atom. The SMILES string of the molecule is CCCCCCCC/C=C\CCCCCCCCNC(=O)C(CCCCCCCC/C=C\CCCCCCCC)CCCCCCCCCCCCCC. The summed E-state index contributed by atoms with van der Waals surface area (Å²) in [6.45, 7) is 7.76. The van der Waals surface area contributed by atoms with Crippen LogP contribution in [0.25, 0.3) is 0 Å². The first-order valence-corrected chi connectivity index (χ1v) is 25.3. The minimum absolute atomic E-state index is 0.235. The molecule has 0 aliphatic heterocycles. The van der Waals surface area contributed by atoms with Gasteiger partial charge in [0, 0.05) is 12.5 Å². The molecule has 0 aromatic carbocycles.